The number of halogens is 1. The molecule has 0 spiro atoms. The Morgan fingerprint density at radius 2 is 1.89 bits per heavy atom. The summed E-state index contributed by atoms with van der Waals surface area (Å²) < 4.78 is 0. The van der Waals surface area contributed by atoms with Crippen molar-refractivity contribution < 1.29 is 9.59 Å². The van der Waals surface area contributed by atoms with Gasteiger partial charge in [0.15, 0.2) is 0 Å². The number of hydrogen-bond acceptors (Lipinski definition) is 4. The molecule has 19 heavy (non-hydrogen) atoms. The van der Waals surface area contributed by atoms with E-state index in [2.05, 4.69) is 10.6 Å². The Morgan fingerprint density at radius 3 is 2.37 bits per heavy atom. The molecule has 1 rings (SSSR count). The number of hydrogen-bond donors (Lipinski definition) is 2. The second kappa shape index (κ2) is 9.12. The normalized spacial score (nSPS) is 14.5. The van der Waals surface area contributed by atoms with Crippen LogP contribution in [0.4, 0.5) is 0 Å². The molecule has 6 nitrogen and oxygen atoms in total. The van der Waals surface area contributed by atoms with Gasteiger partial charge in [-0.3, -0.25) is 14.5 Å². The summed E-state index contributed by atoms with van der Waals surface area (Å²) in [7, 11) is 3.61. The van der Waals surface area contributed by atoms with Crippen molar-refractivity contribution in [3.63, 3.8) is 0 Å². The van der Waals surface area contributed by atoms with E-state index in [4.69, 9.17) is 0 Å². The van der Waals surface area contributed by atoms with E-state index in [9.17, 15) is 9.59 Å². The molecule has 1 saturated heterocycles. The maximum atomic E-state index is 11.9. The number of likely N-dealkylation sites (N-methyl/N-ethyl adjacent to an activating group) is 2. The van der Waals surface area contributed by atoms with Crippen molar-refractivity contribution >= 4 is 24.2 Å². The minimum absolute atomic E-state index is 0. The van der Waals surface area contributed by atoms with Gasteiger partial charge in [-0.25, -0.2) is 0 Å². The quantitative estimate of drug-likeness (QED) is 0.651. The fourth-order valence-electron chi connectivity index (χ4n) is 1.67. The van der Waals surface area contributed by atoms with E-state index in [1.807, 2.05) is 18.9 Å². The molecule has 2 N–H and O–H groups in total. The summed E-state index contributed by atoms with van der Waals surface area (Å²) >= 11 is 0. The Bertz CT molecular complexity index is 297. The number of amides is 2. The highest BCUT2D eigenvalue weighted by Gasteiger charge is 2.24. The molecule has 7 heteroatoms. The predicted molar refractivity (Wildman–Crippen MR) is 77.5 cm³/mol. The summed E-state index contributed by atoms with van der Waals surface area (Å²) in [5.41, 5.74) is 0. The standard InChI is InChI=1S/C12H24N4O2.ClH/c1-4-5-14-11(17)8-16(3)12(18)9-15(2)10-6-13-7-10;/h10,13H,4-9H2,1-3H3,(H,14,17);1H. The lowest BCUT2D eigenvalue weighted by atomic mass is 10.1. The molecule has 0 bridgehead atoms. The molecule has 0 atom stereocenters. The maximum Gasteiger partial charge on any atom is 0.239 e. The lowest BCUT2D eigenvalue weighted by Gasteiger charge is -2.35. The highest BCUT2D eigenvalue weighted by Crippen LogP contribution is 2.02. The van der Waals surface area contributed by atoms with E-state index >= 15 is 0 Å². The summed E-state index contributed by atoms with van der Waals surface area (Å²) in [4.78, 5) is 26.9. The number of nitrogens with one attached hydrogen (secondary N) is 2. The molecule has 1 heterocycles. The second-order valence-corrected chi connectivity index (χ2v) is 4.83. The van der Waals surface area contributed by atoms with Crippen molar-refractivity contribution in [3.05, 3.63) is 0 Å². The molecule has 0 unspecified atom stereocenters. The van der Waals surface area contributed by atoms with Gasteiger partial charge in [-0.05, 0) is 13.5 Å². The van der Waals surface area contributed by atoms with Crippen molar-refractivity contribution in [3.8, 4) is 0 Å². The summed E-state index contributed by atoms with van der Waals surface area (Å²) in [6, 6.07) is 0.441. The van der Waals surface area contributed by atoms with Gasteiger partial charge in [0.25, 0.3) is 0 Å². The molecule has 1 aliphatic heterocycles. The lowest BCUT2D eigenvalue weighted by molar-refractivity contribution is -0.135. The Labute approximate surface area is 121 Å². The van der Waals surface area contributed by atoms with Crippen LogP contribution in [0.5, 0.6) is 0 Å². The first-order valence-corrected chi connectivity index (χ1v) is 6.46. The molecule has 0 saturated carbocycles. The van der Waals surface area contributed by atoms with Crippen LogP contribution in [0.1, 0.15) is 13.3 Å². The topological polar surface area (TPSA) is 64.7 Å². The van der Waals surface area contributed by atoms with Crippen LogP contribution >= 0.6 is 12.4 Å². The van der Waals surface area contributed by atoms with E-state index in [0.717, 1.165) is 19.5 Å². The molecule has 1 fully saturated rings. The van der Waals surface area contributed by atoms with Crippen molar-refractivity contribution in [2.45, 2.75) is 19.4 Å². The smallest absolute Gasteiger partial charge is 0.239 e. The van der Waals surface area contributed by atoms with Crippen LogP contribution in [-0.2, 0) is 9.59 Å². The summed E-state index contributed by atoms with van der Waals surface area (Å²) in [6.07, 6.45) is 0.904. The Hall–Kier alpha value is -0.850. The minimum Gasteiger partial charge on any atom is -0.355 e. The summed E-state index contributed by atoms with van der Waals surface area (Å²) in [5.74, 6) is -0.114. The van der Waals surface area contributed by atoms with Gasteiger partial charge < -0.3 is 15.5 Å². The van der Waals surface area contributed by atoms with Crippen LogP contribution in [0.25, 0.3) is 0 Å². The fraction of sp³-hybridized carbons (Fsp3) is 0.833. The zero-order valence-electron chi connectivity index (χ0n) is 11.9. The molecular weight excluding hydrogens is 268 g/mol. The third-order valence-electron chi connectivity index (χ3n) is 3.15. The van der Waals surface area contributed by atoms with Crippen molar-refractivity contribution in [2.24, 2.45) is 0 Å². The van der Waals surface area contributed by atoms with Gasteiger partial charge in [0.05, 0.1) is 13.1 Å². The van der Waals surface area contributed by atoms with E-state index < -0.39 is 0 Å². The largest absolute Gasteiger partial charge is 0.355 e. The predicted octanol–water partition coefficient (Wildman–Crippen LogP) is -0.704. The molecule has 0 aliphatic carbocycles. The second-order valence-electron chi connectivity index (χ2n) is 4.83. The first-order chi connectivity index (χ1) is 8.54. The van der Waals surface area contributed by atoms with Crippen molar-refractivity contribution in [1.29, 1.82) is 0 Å². The number of carbonyl (C=O) groups is 2. The highest BCUT2D eigenvalue weighted by atomic mass is 35.5. The summed E-state index contributed by atoms with van der Waals surface area (Å²) in [6.45, 7) is 5.03. The van der Waals surface area contributed by atoms with Crippen LogP contribution in [0, 0.1) is 0 Å². The lowest BCUT2D eigenvalue weighted by Crippen LogP contribution is -2.57. The molecule has 0 radical (unpaired) electrons. The molecular formula is C12H25ClN4O2. The van der Waals surface area contributed by atoms with Gasteiger partial charge in [0.1, 0.15) is 0 Å². The highest BCUT2D eigenvalue weighted by molar-refractivity contribution is 5.85. The third-order valence-corrected chi connectivity index (χ3v) is 3.15. The molecule has 0 aromatic carbocycles. The van der Waals surface area contributed by atoms with Crippen molar-refractivity contribution in [2.75, 3.05) is 46.8 Å². The summed E-state index contributed by atoms with van der Waals surface area (Å²) in [5, 5.41) is 5.93. The Morgan fingerprint density at radius 1 is 1.26 bits per heavy atom. The van der Waals surface area contributed by atoms with Gasteiger partial charge >= 0.3 is 0 Å². The van der Waals surface area contributed by atoms with Gasteiger partial charge in [0.2, 0.25) is 11.8 Å². The number of carbonyl (C=O) groups excluding carboxylic acids is 2. The van der Waals surface area contributed by atoms with E-state index in [-0.39, 0.29) is 30.8 Å². The van der Waals surface area contributed by atoms with Gasteiger partial charge in [0, 0.05) is 32.7 Å². The third kappa shape index (κ3) is 6.22. The van der Waals surface area contributed by atoms with Crippen molar-refractivity contribution in [1.82, 2.24) is 20.4 Å². The van der Waals surface area contributed by atoms with Crippen LogP contribution in [0.15, 0.2) is 0 Å². The van der Waals surface area contributed by atoms with Crippen LogP contribution in [0.3, 0.4) is 0 Å². The average molecular weight is 293 g/mol. The average Bonchev–Trinajstić information content (AvgIpc) is 2.23. The Balaban J connectivity index is 0.00000324. The molecule has 112 valence electrons. The zero-order chi connectivity index (χ0) is 13.5. The van der Waals surface area contributed by atoms with Crippen LogP contribution < -0.4 is 10.6 Å². The molecule has 1 aliphatic rings. The first kappa shape index (κ1) is 18.1. The van der Waals surface area contributed by atoms with Crippen LogP contribution in [0.2, 0.25) is 0 Å². The SMILES string of the molecule is CCCNC(=O)CN(C)C(=O)CN(C)C1CNC1.Cl. The minimum atomic E-state index is -0.0966. The zero-order valence-corrected chi connectivity index (χ0v) is 12.8. The van der Waals surface area contributed by atoms with E-state index in [1.54, 1.807) is 7.05 Å². The number of nitrogens with zero attached hydrogens (tertiary/aromatic N) is 2. The maximum absolute atomic E-state index is 11.9. The van der Waals surface area contributed by atoms with E-state index in [0.29, 0.717) is 19.1 Å². The fourth-order valence-corrected chi connectivity index (χ4v) is 1.67. The van der Waals surface area contributed by atoms with E-state index in [1.165, 1.54) is 4.90 Å². The monoisotopic (exact) mass is 292 g/mol. The van der Waals surface area contributed by atoms with Gasteiger partial charge in [-0.2, -0.15) is 0 Å². The molecule has 2 amide bonds. The molecule has 0 aromatic rings. The van der Waals surface area contributed by atoms with Gasteiger partial charge in [-0.15, -0.1) is 12.4 Å². The van der Waals surface area contributed by atoms with Crippen LogP contribution in [-0.4, -0.2) is 74.5 Å². The van der Waals surface area contributed by atoms with Gasteiger partial charge in [-0.1, -0.05) is 6.92 Å². The Kier molecular flexibility index (Phi) is 8.71. The first-order valence-electron chi connectivity index (χ1n) is 6.46. The number of rotatable bonds is 7. The molecule has 0 aromatic heterocycles.